The second-order valence-electron chi connectivity index (χ2n) is 9.74. The van der Waals surface area contributed by atoms with Crippen LogP contribution in [0.25, 0.3) is 0 Å². The summed E-state index contributed by atoms with van der Waals surface area (Å²) < 4.78 is 48.6. The van der Waals surface area contributed by atoms with E-state index in [0.717, 1.165) is 23.9 Å². The highest BCUT2D eigenvalue weighted by molar-refractivity contribution is 5.32. The molecule has 0 saturated carbocycles. The quantitative estimate of drug-likeness (QED) is 0.526. The highest BCUT2D eigenvalue weighted by atomic mass is 19.4. The second-order valence-corrected chi connectivity index (χ2v) is 9.74. The Labute approximate surface area is 194 Å². The number of rotatable bonds is 7. The lowest BCUT2D eigenvalue weighted by molar-refractivity contribution is -0.304. The molecule has 2 atom stereocenters. The van der Waals surface area contributed by atoms with Crippen molar-refractivity contribution in [1.29, 1.82) is 5.26 Å². The number of aryl methyl sites for hydroxylation is 2. The molecule has 0 aliphatic carbocycles. The zero-order valence-electron chi connectivity index (χ0n) is 20.0. The molecule has 1 aliphatic heterocycles. The van der Waals surface area contributed by atoms with Crippen molar-refractivity contribution in [1.82, 2.24) is 9.88 Å². The van der Waals surface area contributed by atoms with Crippen molar-refractivity contribution >= 4 is 0 Å². The Balaban J connectivity index is 1.94. The molecule has 1 aromatic carbocycles. The van der Waals surface area contributed by atoms with Crippen LogP contribution in [-0.2, 0) is 16.7 Å². The molecule has 1 aromatic heterocycles. The fourth-order valence-electron chi connectivity index (χ4n) is 4.96. The van der Waals surface area contributed by atoms with Crippen LogP contribution in [0.2, 0.25) is 0 Å². The van der Waals surface area contributed by atoms with Crippen LogP contribution in [0.4, 0.5) is 13.2 Å². The van der Waals surface area contributed by atoms with Gasteiger partial charge in [0.2, 0.25) is 0 Å². The number of pyridine rings is 1. The van der Waals surface area contributed by atoms with Gasteiger partial charge in [-0.2, -0.15) is 18.4 Å². The summed E-state index contributed by atoms with van der Waals surface area (Å²) in [5.41, 5.74) is -0.567. The Morgan fingerprint density at radius 1 is 1.12 bits per heavy atom. The summed E-state index contributed by atoms with van der Waals surface area (Å²) >= 11 is 0. The summed E-state index contributed by atoms with van der Waals surface area (Å²) in [5.74, 6) is 0. The third-order valence-electron chi connectivity index (χ3n) is 7.70. The highest BCUT2D eigenvalue weighted by Gasteiger charge is 2.66. The third kappa shape index (κ3) is 4.64. The second kappa shape index (κ2) is 9.08. The average molecular weight is 460 g/mol. The first-order valence-corrected chi connectivity index (χ1v) is 11.2. The van der Waals surface area contributed by atoms with Gasteiger partial charge >= 0.3 is 6.18 Å². The smallest absolute Gasteiger partial charge is 0.368 e. The minimum absolute atomic E-state index is 0.258. The molecule has 0 N–H and O–H groups in total. The van der Waals surface area contributed by atoms with E-state index in [1.165, 1.54) is 6.92 Å². The molecule has 3 rings (SSSR count). The molecule has 2 unspecified atom stereocenters. The van der Waals surface area contributed by atoms with Crippen molar-refractivity contribution in [2.45, 2.75) is 64.3 Å². The van der Waals surface area contributed by atoms with Gasteiger partial charge in [0.1, 0.15) is 0 Å². The first-order valence-electron chi connectivity index (χ1n) is 11.2. The van der Waals surface area contributed by atoms with Gasteiger partial charge in [0.25, 0.3) is 0 Å². The molecular weight excluding hydrogens is 427 g/mol. The Hall–Kier alpha value is -2.43. The molecule has 1 fully saturated rings. The van der Waals surface area contributed by atoms with Gasteiger partial charge in [-0.3, -0.25) is 9.88 Å². The minimum Gasteiger partial charge on any atom is -0.368 e. The highest BCUT2D eigenvalue weighted by Crippen LogP contribution is 2.55. The summed E-state index contributed by atoms with van der Waals surface area (Å²) in [6.07, 6.45) is -1.54. The Kier molecular flexibility index (Phi) is 6.93. The van der Waals surface area contributed by atoms with Crippen molar-refractivity contribution in [3.8, 4) is 6.07 Å². The van der Waals surface area contributed by atoms with E-state index in [-0.39, 0.29) is 6.54 Å². The van der Waals surface area contributed by atoms with Gasteiger partial charge < -0.3 is 4.74 Å². The zero-order valence-corrected chi connectivity index (χ0v) is 20.0. The number of nitrogens with zero attached hydrogens (tertiary/aromatic N) is 3. The maximum absolute atomic E-state index is 14.4. The van der Waals surface area contributed by atoms with Crippen molar-refractivity contribution in [2.75, 3.05) is 20.2 Å². The Morgan fingerprint density at radius 2 is 1.79 bits per heavy atom. The first kappa shape index (κ1) is 25.2. The molecule has 2 heterocycles. The van der Waals surface area contributed by atoms with Gasteiger partial charge in [-0.05, 0) is 82.8 Å². The van der Waals surface area contributed by atoms with Gasteiger partial charge in [-0.1, -0.05) is 18.2 Å². The van der Waals surface area contributed by atoms with Crippen molar-refractivity contribution in [3.63, 3.8) is 0 Å². The van der Waals surface area contributed by atoms with Crippen LogP contribution in [0, 0.1) is 23.7 Å². The Morgan fingerprint density at radius 3 is 2.30 bits per heavy atom. The van der Waals surface area contributed by atoms with Gasteiger partial charge in [0, 0.05) is 36.5 Å². The SMILES string of the molecule is COC(C)(C(F)(F)F)C1(CCc2ccc(C#N)cc2)CCN(C(C)(C)c2ccc(C)nc2)C1. The molecule has 0 amide bonds. The number of nitriles is 1. The lowest BCUT2D eigenvalue weighted by atomic mass is 9.67. The third-order valence-corrected chi connectivity index (χ3v) is 7.70. The van der Waals surface area contributed by atoms with E-state index in [1.54, 1.807) is 12.1 Å². The predicted octanol–water partition coefficient (Wildman–Crippen LogP) is 5.79. The van der Waals surface area contributed by atoms with E-state index in [0.29, 0.717) is 31.4 Å². The summed E-state index contributed by atoms with van der Waals surface area (Å²) in [6.45, 7) is 7.96. The minimum atomic E-state index is -4.52. The lowest BCUT2D eigenvalue weighted by Crippen LogP contribution is -2.59. The van der Waals surface area contributed by atoms with Gasteiger partial charge in [-0.15, -0.1) is 0 Å². The van der Waals surface area contributed by atoms with E-state index in [2.05, 4.69) is 16.0 Å². The van der Waals surface area contributed by atoms with E-state index in [4.69, 9.17) is 10.00 Å². The number of halogens is 3. The number of alkyl halides is 3. The van der Waals surface area contributed by atoms with Crippen molar-refractivity contribution in [2.24, 2.45) is 5.41 Å². The fourth-order valence-corrected chi connectivity index (χ4v) is 4.96. The normalized spacial score (nSPS) is 21.5. The first-order chi connectivity index (χ1) is 15.4. The number of aromatic nitrogens is 1. The van der Waals surface area contributed by atoms with Gasteiger partial charge in [-0.25, -0.2) is 0 Å². The number of benzene rings is 1. The molecule has 1 saturated heterocycles. The molecule has 1 aliphatic rings. The van der Waals surface area contributed by atoms with Crippen LogP contribution in [-0.4, -0.2) is 41.9 Å². The van der Waals surface area contributed by atoms with Gasteiger partial charge in [0.15, 0.2) is 5.60 Å². The summed E-state index contributed by atoms with van der Waals surface area (Å²) in [5, 5.41) is 9.01. The van der Waals surface area contributed by atoms with Crippen LogP contribution in [0.3, 0.4) is 0 Å². The number of hydrogen-bond acceptors (Lipinski definition) is 4. The molecule has 0 bridgehead atoms. The van der Waals surface area contributed by atoms with Crippen LogP contribution in [0.5, 0.6) is 0 Å². The van der Waals surface area contributed by atoms with Crippen molar-refractivity contribution < 1.29 is 17.9 Å². The molecule has 4 nitrogen and oxygen atoms in total. The summed E-state index contributed by atoms with van der Waals surface area (Å²) in [6, 6.07) is 13.0. The molecule has 178 valence electrons. The summed E-state index contributed by atoms with van der Waals surface area (Å²) in [4.78, 5) is 6.52. The molecule has 33 heavy (non-hydrogen) atoms. The van der Waals surface area contributed by atoms with E-state index in [9.17, 15) is 13.2 Å². The molecule has 0 radical (unpaired) electrons. The molecule has 2 aromatic rings. The van der Waals surface area contributed by atoms with E-state index < -0.39 is 22.7 Å². The average Bonchev–Trinajstić information content (AvgIpc) is 3.24. The molecule has 0 spiro atoms. The predicted molar refractivity (Wildman–Crippen MR) is 122 cm³/mol. The largest absolute Gasteiger partial charge is 0.417 e. The van der Waals surface area contributed by atoms with E-state index in [1.807, 2.05) is 51.2 Å². The maximum Gasteiger partial charge on any atom is 0.417 e. The number of ether oxygens (including phenoxy) is 1. The van der Waals surface area contributed by atoms with E-state index >= 15 is 0 Å². The monoisotopic (exact) mass is 459 g/mol. The van der Waals surface area contributed by atoms with Crippen LogP contribution in [0.1, 0.15) is 56.0 Å². The lowest BCUT2D eigenvalue weighted by Gasteiger charge is -2.47. The number of hydrogen-bond donors (Lipinski definition) is 0. The van der Waals surface area contributed by atoms with Crippen molar-refractivity contribution in [3.05, 3.63) is 65.0 Å². The summed E-state index contributed by atoms with van der Waals surface area (Å²) in [7, 11) is 1.16. The van der Waals surface area contributed by atoms with Crippen LogP contribution >= 0.6 is 0 Å². The van der Waals surface area contributed by atoms with Gasteiger partial charge in [0.05, 0.1) is 11.6 Å². The maximum atomic E-state index is 14.4. The Bertz CT molecular complexity index is 995. The molecular formula is C26H32F3N3O. The zero-order chi connectivity index (χ0) is 24.5. The topological polar surface area (TPSA) is 49.1 Å². The van der Waals surface area contributed by atoms with Crippen LogP contribution < -0.4 is 0 Å². The number of likely N-dealkylation sites (tertiary alicyclic amines) is 1. The standard InChI is InChI=1S/C26H32F3N3O/c1-19-6-11-22(17-31-19)23(2,3)32-15-14-25(18-32,24(4,33-5)26(27,28)29)13-12-20-7-9-21(16-30)10-8-20/h6-11,17H,12-15,18H2,1-5H3. The van der Waals surface area contributed by atoms with Crippen LogP contribution in [0.15, 0.2) is 42.6 Å². The molecule has 7 heteroatoms. The number of methoxy groups -OCH3 is 1. The fraction of sp³-hybridized carbons (Fsp3) is 0.538.